The first-order chi connectivity index (χ1) is 41.5. The Hall–Kier alpha value is -2.49. The van der Waals surface area contributed by atoms with Crippen LogP contribution in [0.1, 0.15) is 205 Å². The second kappa shape index (κ2) is 22.1. The molecule has 12 bridgehead atoms. The zero-order valence-electron chi connectivity index (χ0n) is 50.8. The average Bonchev–Trinajstić information content (AvgIpc) is 1.47. The van der Waals surface area contributed by atoms with E-state index in [0.717, 1.165) is 136 Å². The first-order valence-electron chi connectivity index (χ1n) is 34.1. The third-order valence-corrected chi connectivity index (χ3v) is 28.6. The maximum absolute atomic E-state index is 12.7. The van der Waals surface area contributed by atoms with Crippen molar-refractivity contribution in [2.24, 2.45) is 109 Å². The topological polar surface area (TPSA) is 260 Å². The number of nitrogens with zero attached hydrogens (tertiary/aromatic N) is 8. The van der Waals surface area contributed by atoms with Gasteiger partial charge in [0.15, 0.2) is 0 Å². The summed E-state index contributed by atoms with van der Waals surface area (Å²) < 4.78 is 48.5. The van der Waals surface area contributed by atoms with Crippen LogP contribution in [-0.4, -0.2) is 113 Å². The summed E-state index contributed by atoms with van der Waals surface area (Å²) in [4.78, 5) is 48.9. The second-order valence-corrected chi connectivity index (χ2v) is 34.1. The summed E-state index contributed by atoms with van der Waals surface area (Å²) >= 11 is 1.75. The number of hydrogen-bond acceptors (Lipinski definition) is 20. The summed E-state index contributed by atoms with van der Waals surface area (Å²) in [7, 11) is -0.0736. The van der Waals surface area contributed by atoms with Crippen LogP contribution in [0.5, 0.6) is 0 Å². The summed E-state index contributed by atoms with van der Waals surface area (Å²) in [5.41, 5.74) is 5.73. The first kappa shape index (κ1) is 58.6. The van der Waals surface area contributed by atoms with Gasteiger partial charge < -0.3 is 25.3 Å². The van der Waals surface area contributed by atoms with Crippen LogP contribution in [0, 0.1) is 88.8 Å². The Morgan fingerprint density at radius 2 is 0.895 bits per heavy atom. The number of thioether (sulfide) groups is 1. The Balaban J connectivity index is 0.000000105. The van der Waals surface area contributed by atoms with E-state index in [4.69, 9.17) is 49.3 Å². The summed E-state index contributed by atoms with van der Waals surface area (Å²) in [6, 6.07) is 0. The van der Waals surface area contributed by atoms with Crippen LogP contribution in [0.2, 0.25) is 0 Å². The van der Waals surface area contributed by atoms with Crippen LogP contribution in [0.3, 0.4) is 0 Å². The summed E-state index contributed by atoms with van der Waals surface area (Å²) in [5, 5.41) is 26.4. The van der Waals surface area contributed by atoms with Gasteiger partial charge in [0, 0.05) is 100 Å². The van der Waals surface area contributed by atoms with Crippen molar-refractivity contribution in [3.05, 3.63) is 0 Å². The molecule has 16 aliphatic carbocycles. The van der Waals surface area contributed by atoms with Crippen LogP contribution in [-0.2, 0) is 72.3 Å². The van der Waals surface area contributed by atoms with Gasteiger partial charge in [0.05, 0.1) is 11.3 Å². The van der Waals surface area contributed by atoms with Gasteiger partial charge in [-0.1, -0.05) is 36.1 Å². The normalized spacial score (nSPS) is 47.8. The molecule has 16 saturated carbocycles. The molecule has 3 aliphatic heterocycles. The summed E-state index contributed by atoms with van der Waals surface area (Å²) in [6.07, 6.45) is 34.7. The van der Waals surface area contributed by atoms with Gasteiger partial charge in [0.2, 0.25) is 55.6 Å². The Morgan fingerprint density at radius 3 is 1.28 bits per heavy atom. The van der Waals surface area contributed by atoms with Crippen molar-refractivity contribution in [2.45, 2.75) is 256 Å². The Labute approximate surface area is 510 Å². The number of amides is 1. The zero-order valence-corrected chi connectivity index (χ0v) is 52.4. The molecular weight excluding hydrogens is 1140 g/mol. The molecule has 476 valence electrons. The van der Waals surface area contributed by atoms with Gasteiger partial charge in [0.1, 0.15) is 0 Å². The summed E-state index contributed by atoms with van der Waals surface area (Å²) in [5.74, 6) is 7.36. The number of rotatable bonds is 9. The molecule has 0 atom stereocenters. The maximum atomic E-state index is 12.7. The highest BCUT2D eigenvalue weighted by Crippen LogP contribution is 2.67. The number of nitrogens with two attached hydrogens (primary N) is 1. The molecule has 5 heterocycles. The van der Waals surface area contributed by atoms with E-state index >= 15 is 0 Å². The van der Waals surface area contributed by atoms with Crippen molar-refractivity contribution in [1.29, 1.82) is 0 Å². The predicted octanol–water partition coefficient (Wildman–Crippen LogP) is 9.10. The van der Waals surface area contributed by atoms with Crippen molar-refractivity contribution >= 4 is 27.5 Å². The van der Waals surface area contributed by atoms with Crippen molar-refractivity contribution in [1.82, 2.24) is 45.7 Å². The largest absolute Gasteiger partial charge is 0.354 e. The third kappa shape index (κ3) is 10.4. The fraction of sp³-hybridized carbons (Fsp3) is 0.952. The highest BCUT2D eigenvalue weighted by atomic mass is 32.2. The van der Waals surface area contributed by atoms with E-state index in [0.29, 0.717) is 66.7 Å². The van der Waals surface area contributed by atoms with Crippen LogP contribution in [0.25, 0.3) is 0 Å². The summed E-state index contributed by atoms with van der Waals surface area (Å²) in [6.45, 7) is 0.717. The number of nitrogens with one attached hydrogen (secondary N) is 1. The average molecular weight is 1240 g/mol. The van der Waals surface area contributed by atoms with Crippen molar-refractivity contribution in [3.8, 4) is 0 Å². The molecule has 3 saturated heterocycles. The predicted molar refractivity (Wildman–Crippen MR) is 307 cm³/mol. The van der Waals surface area contributed by atoms with Gasteiger partial charge in [-0.15, -0.1) is 5.10 Å². The molecule has 19 aliphatic rings. The van der Waals surface area contributed by atoms with Crippen molar-refractivity contribution in [3.63, 3.8) is 0 Å². The van der Waals surface area contributed by atoms with E-state index < -0.39 is 50.1 Å². The Morgan fingerprint density at radius 1 is 0.512 bits per heavy atom. The molecular formula is C62H94N10O12S2. The fourth-order valence-electron chi connectivity index (χ4n) is 21.5. The molecule has 2 aromatic heterocycles. The number of carbonyl (C=O) groups is 1. The quantitative estimate of drug-likeness (QED) is 0.175. The van der Waals surface area contributed by atoms with E-state index in [1.165, 1.54) is 107 Å². The molecule has 0 aromatic carbocycles. The minimum atomic E-state index is -3.51. The number of carbonyl (C=O) groups excluding carboxylic acids is 1. The third-order valence-electron chi connectivity index (χ3n) is 25.5. The first-order valence-corrected chi connectivity index (χ1v) is 36.7. The zero-order chi connectivity index (χ0) is 58.3. The molecule has 2 aromatic rings. The highest BCUT2D eigenvalue weighted by Gasteiger charge is 2.70. The number of sulfone groups is 1. The van der Waals surface area contributed by atoms with Gasteiger partial charge in [0.25, 0.3) is 5.16 Å². The minimum Gasteiger partial charge on any atom is -0.354 e. The SMILES string of the molecule is Cn1nnnc1S(=O)(=O)CC1CCC2(CC1)OOC1(O2)C2CC3CC(C2)CC1C3.Cn1nnnc1SCC1CCC2(CC1)OOC1(O2)C2CC3CC(C2)CC1C3.NC1(C(=O)NCC2CCC3(CC2)OOC2(O3)C3CC4CC(C3)CC2C4)CCCCC1. The lowest BCUT2D eigenvalue weighted by molar-refractivity contribution is -0.390. The molecule has 3 N–H and O–H groups in total. The number of hydrogen-bond donors (Lipinski definition) is 2. The van der Waals surface area contributed by atoms with E-state index in [1.807, 2.05) is 7.05 Å². The molecule has 86 heavy (non-hydrogen) atoms. The molecule has 22 nitrogen and oxygen atoms in total. The monoisotopic (exact) mass is 1230 g/mol. The van der Waals surface area contributed by atoms with E-state index in [2.05, 4.69) is 36.4 Å². The highest BCUT2D eigenvalue weighted by molar-refractivity contribution is 7.99. The van der Waals surface area contributed by atoms with E-state index in [-0.39, 0.29) is 22.7 Å². The minimum absolute atomic E-state index is 0.0459. The lowest BCUT2D eigenvalue weighted by atomic mass is 9.53. The molecule has 1 amide bonds. The molecule has 0 radical (unpaired) electrons. The fourth-order valence-corrected chi connectivity index (χ4v) is 24.2. The molecule has 19 fully saturated rings. The van der Waals surface area contributed by atoms with Gasteiger partial charge in [-0.3, -0.25) is 4.79 Å². The molecule has 0 unspecified atom stereocenters. The van der Waals surface area contributed by atoms with Gasteiger partial charge in [-0.25, -0.2) is 17.8 Å². The molecule has 21 rings (SSSR count). The van der Waals surface area contributed by atoms with E-state index in [9.17, 15) is 13.2 Å². The van der Waals surface area contributed by atoms with Gasteiger partial charge in [-0.2, -0.15) is 29.3 Å². The maximum Gasteiger partial charge on any atom is 0.267 e. The van der Waals surface area contributed by atoms with Crippen LogP contribution >= 0.6 is 11.8 Å². The van der Waals surface area contributed by atoms with Crippen LogP contribution < -0.4 is 11.1 Å². The molecule has 24 heteroatoms. The second-order valence-electron chi connectivity index (χ2n) is 31.1. The van der Waals surface area contributed by atoms with Crippen LogP contribution in [0.4, 0.5) is 0 Å². The number of tetrazole rings is 2. The molecule has 6 spiro atoms. The lowest BCUT2D eigenvalue weighted by Crippen LogP contribution is -2.59. The van der Waals surface area contributed by atoms with Crippen LogP contribution in [0.15, 0.2) is 10.3 Å². The number of aryl methyl sites for hydroxylation is 2. The lowest BCUT2D eigenvalue weighted by Gasteiger charge is -2.57. The van der Waals surface area contributed by atoms with Crippen molar-refractivity contribution in [2.75, 3.05) is 18.1 Å². The van der Waals surface area contributed by atoms with Gasteiger partial charge >= 0.3 is 0 Å². The Bertz CT molecular complexity index is 2830. The van der Waals surface area contributed by atoms with E-state index in [1.54, 1.807) is 23.5 Å². The Kier molecular flexibility index (Phi) is 15.1. The van der Waals surface area contributed by atoms with Crippen molar-refractivity contribution < 1.29 is 56.7 Å². The smallest absolute Gasteiger partial charge is 0.267 e. The number of ether oxygens (including phenoxy) is 3. The standard InChI is InChI=1S/C24H38N2O4.C19H28N4O5S.C19H28N4O3S/c25-22(6-2-1-3-7-22)21(27)26-15-16-4-8-23(9-5-16)28-24(30-29-23)19-11-17-10-18(13-19)14-20(24)12-17;1-23-17(20-21-22-23)29(24,25)11-12-2-4-18(5-3-12)26-19(28-27-18)15-7-13-6-14(9-15)10-16(19)8-13;1-23-17(20-21-22-23)27-11-12-2-4-18(5-3-12)24-19(26-25-18)15-7-13-6-14(9-15)10-16(19)8-13/h16-20H,1-15,25H2,(H,26,27);12-16H,2-11H2,1H3;12-16H,2-11H2,1H3. The van der Waals surface area contributed by atoms with Gasteiger partial charge in [-0.05, 0) is 222 Å². The number of aromatic nitrogens is 8.